The van der Waals surface area contributed by atoms with E-state index in [1.165, 1.54) is 4.90 Å². The molecule has 1 fully saturated rings. The second kappa shape index (κ2) is 4.61. The molecule has 1 unspecified atom stereocenters. The van der Waals surface area contributed by atoms with Crippen LogP contribution in [0.25, 0.3) is 0 Å². The van der Waals surface area contributed by atoms with Crippen LogP contribution in [0.1, 0.15) is 26.2 Å². The summed E-state index contributed by atoms with van der Waals surface area (Å²) in [6.07, 6.45) is 1.68. The summed E-state index contributed by atoms with van der Waals surface area (Å²) in [5.74, 6) is -0.298. The van der Waals surface area contributed by atoms with Crippen LogP contribution in [0, 0.1) is 0 Å². The molecule has 0 bridgehead atoms. The second-order valence-electron chi connectivity index (χ2n) is 4.86. The molecule has 2 aliphatic heterocycles. The fraction of sp³-hybridized carbons (Fsp3) is 0.667. The van der Waals surface area contributed by atoms with Gasteiger partial charge in [-0.25, -0.2) is 0 Å². The summed E-state index contributed by atoms with van der Waals surface area (Å²) < 4.78 is 5.35. The molecule has 18 heavy (non-hydrogen) atoms. The molecule has 1 saturated heterocycles. The number of rotatable bonds is 2. The lowest BCUT2D eigenvalue weighted by Gasteiger charge is -2.24. The molecule has 2 heterocycles. The predicted octanol–water partition coefficient (Wildman–Crippen LogP) is -0.480. The highest BCUT2D eigenvalue weighted by atomic mass is 16.5. The van der Waals surface area contributed by atoms with E-state index in [0.717, 1.165) is 6.42 Å². The molecule has 0 spiro atoms. The quantitative estimate of drug-likeness (QED) is 0.696. The fourth-order valence-electron chi connectivity index (χ4n) is 2.35. The van der Waals surface area contributed by atoms with Gasteiger partial charge in [0.2, 0.25) is 0 Å². The van der Waals surface area contributed by atoms with Gasteiger partial charge in [-0.15, -0.1) is 0 Å². The zero-order valence-electron chi connectivity index (χ0n) is 10.4. The van der Waals surface area contributed by atoms with E-state index in [-0.39, 0.29) is 18.9 Å². The fourth-order valence-corrected chi connectivity index (χ4v) is 2.35. The van der Waals surface area contributed by atoms with Gasteiger partial charge in [-0.1, -0.05) is 0 Å². The number of hydrogen-bond donors (Lipinski definition) is 2. The summed E-state index contributed by atoms with van der Waals surface area (Å²) >= 11 is 0. The lowest BCUT2D eigenvalue weighted by atomic mass is 10.0. The average molecular weight is 254 g/mol. The molecular weight excluding hydrogens is 236 g/mol. The second-order valence-corrected chi connectivity index (χ2v) is 4.86. The number of nitrogens with zero attached hydrogens (tertiary/aromatic N) is 1. The number of allylic oxidation sites excluding steroid dienone is 1. The van der Waals surface area contributed by atoms with Gasteiger partial charge in [0.1, 0.15) is 5.76 Å². The van der Waals surface area contributed by atoms with Crippen LogP contribution in [0.5, 0.6) is 0 Å². The first-order chi connectivity index (χ1) is 8.44. The normalized spacial score (nSPS) is 28.2. The van der Waals surface area contributed by atoms with Gasteiger partial charge in [0.15, 0.2) is 5.60 Å². The van der Waals surface area contributed by atoms with Gasteiger partial charge < -0.3 is 20.5 Å². The van der Waals surface area contributed by atoms with Crippen molar-refractivity contribution in [2.24, 2.45) is 5.73 Å². The number of carbonyl (C=O) groups is 2. The maximum atomic E-state index is 12.2. The standard InChI is InChI=1S/C12H18N2O4/c1-8-9(3-2-6-18-8)10(15)14-5-4-12(17,7-14)11(13)16/h17H,2-7H2,1H3,(H2,13,16). The monoisotopic (exact) mass is 254 g/mol. The zero-order chi connectivity index (χ0) is 13.3. The molecule has 100 valence electrons. The molecule has 0 saturated carbocycles. The average Bonchev–Trinajstić information content (AvgIpc) is 2.73. The zero-order valence-corrected chi connectivity index (χ0v) is 10.4. The first-order valence-corrected chi connectivity index (χ1v) is 6.08. The molecule has 0 aliphatic carbocycles. The van der Waals surface area contributed by atoms with Crippen molar-refractivity contribution >= 4 is 11.8 Å². The predicted molar refractivity (Wildman–Crippen MR) is 63.2 cm³/mol. The summed E-state index contributed by atoms with van der Waals surface area (Å²) in [5, 5.41) is 9.94. The Balaban J connectivity index is 2.10. The summed E-state index contributed by atoms with van der Waals surface area (Å²) in [4.78, 5) is 24.8. The number of amides is 2. The molecular formula is C12H18N2O4. The van der Waals surface area contributed by atoms with Crippen molar-refractivity contribution in [2.75, 3.05) is 19.7 Å². The minimum atomic E-state index is -1.58. The van der Waals surface area contributed by atoms with Crippen LogP contribution in [-0.2, 0) is 14.3 Å². The number of primary amides is 1. The van der Waals surface area contributed by atoms with E-state index in [2.05, 4.69) is 0 Å². The third kappa shape index (κ3) is 2.20. The Morgan fingerprint density at radius 1 is 1.50 bits per heavy atom. The molecule has 0 aromatic carbocycles. The van der Waals surface area contributed by atoms with Gasteiger partial charge in [-0.3, -0.25) is 9.59 Å². The number of carbonyl (C=O) groups excluding carboxylic acids is 2. The van der Waals surface area contributed by atoms with Crippen molar-refractivity contribution in [1.29, 1.82) is 0 Å². The Kier molecular flexibility index (Phi) is 3.30. The molecule has 1 atom stereocenters. The lowest BCUT2D eigenvalue weighted by molar-refractivity contribution is -0.136. The number of nitrogens with two attached hydrogens (primary N) is 1. The summed E-state index contributed by atoms with van der Waals surface area (Å²) in [6, 6.07) is 0. The smallest absolute Gasteiger partial charge is 0.253 e. The largest absolute Gasteiger partial charge is 0.498 e. The van der Waals surface area contributed by atoms with Crippen molar-refractivity contribution in [3.8, 4) is 0 Å². The highest BCUT2D eigenvalue weighted by Gasteiger charge is 2.43. The Morgan fingerprint density at radius 3 is 2.78 bits per heavy atom. The number of aliphatic hydroxyl groups is 1. The summed E-state index contributed by atoms with van der Waals surface area (Å²) in [5.41, 5.74) is 4.19. The summed E-state index contributed by atoms with van der Waals surface area (Å²) in [6.45, 7) is 2.71. The van der Waals surface area contributed by atoms with E-state index in [9.17, 15) is 14.7 Å². The Hall–Kier alpha value is -1.56. The van der Waals surface area contributed by atoms with Crippen molar-refractivity contribution in [2.45, 2.75) is 31.8 Å². The number of likely N-dealkylation sites (tertiary alicyclic amines) is 1. The topological polar surface area (TPSA) is 92.9 Å². The maximum Gasteiger partial charge on any atom is 0.253 e. The summed E-state index contributed by atoms with van der Waals surface area (Å²) in [7, 11) is 0. The third-order valence-corrected chi connectivity index (χ3v) is 3.57. The Bertz CT molecular complexity index is 418. The van der Waals surface area contributed by atoms with Crippen molar-refractivity contribution in [3.05, 3.63) is 11.3 Å². The van der Waals surface area contributed by atoms with Crippen molar-refractivity contribution < 1.29 is 19.4 Å². The van der Waals surface area contributed by atoms with Gasteiger partial charge >= 0.3 is 0 Å². The third-order valence-electron chi connectivity index (χ3n) is 3.57. The van der Waals surface area contributed by atoms with Gasteiger partial charge in [-0.2, -0.15) is 0 Å². The minimum absolute atomic E-state index is 0.0298. The first kappa shape index (κ1) is 12.9. The van der Waals surface area contributed by atoms with Crippen molar-refractivity contribution in [3.63, 3.8) is 0 Å². The highest BCUT2D eigenvalue weighted by molar-refractivity contribution is 5.95. The van der Waals surface area contributed by atoms with Crippen LogP contribution in [-0.4, -0.2) is 47.1 Å². The van der Waals surface area contributed by atoms with E-state index in [1.54, 1.807) is 6.92 Å². The van der Waals surface area contributed by atoms with Crippen LogP contribution >= 0.6 is 0 Å². The molecule has 2 amide bonds. The molecule has 0 aromatic rings. The van der Waals surface area contributed by atoms with Crippen molar-refractivity contribution in [1.82, 2.24) is 4.90 Å². The van der Waals surface area contributed by atoms with E-state index in [4.69, 9.17) is 10.5 Å². The lowest BCUT2D eigenvalue weighted by Crippen LogP contribution is -2.47. The molecule has 0 radical (unpaired) electrons. The van der Waals surface area contributed by atoms with Gasteiger partial charge in [0.05, 0.1) is 18.7 Å². The molecule has 3 N–H and O–H groups in total. The SMILES string of the molecule is CC1=C(C(=O)N2CCC(O)(C(N)=O)C2)CCCO1. The number of hydrogen-bond acceptors (Lipinski definition) is 4. The van der Waals surface area contributed by atoms with E-state index in [0.29, 0.717) is 30.9 Å². The molecule has 6 heteroatoms. The van der Waals surface area contributed by atoms with Crippen LogP contribution in [0.3, 0.4) is 0 Å². The van der Waals surface area contributed by atoms with Crippen LogP contribution in [0.15, 0.2) is 11.3 Å². The van der Waals surface area contributed by atoms with E-state index in [1.807, 2.05) is 0 Å². The van der Waals surface area contributed by atoms with Crippen LogP contribution in [0.4, 0.5) is 0 Å². The van der Waals surface area contributed by atoms with Gasteiger partial charge in [0.25, 0.3) is 11.8 Å². The molecule has 6 nitrogen and oxygen atoms in total. The Labute approximate surface area is 105 Å². The van der Waals surface area contributed by atoms with Gasteiger partial charge in [-0.05, 0) is 19.8 Å². The van der Waals surface area contributed by atoms with E-state index < -0.39 is 11.5 Å². The van der Waals surface area contributed by atoms with Gasteiger partial charge in [0, 0.05) is 13.0 Å². The first-order valence-electron chi connectivity index (χ1n) is 6.08. The van der Waals surface area contributed by atoms with E-state index >= 15 is 0 Å². The Morgan fingerprint density at radius 2 is 2.22 bits per heavy atom. The maximum absolute atomic E-state index is 12.2. The molecule has 2 aliphatic rings. The minimum Gasteiger partial charge on any atom is -0.498 e. The molecule has 0 aromatic heterocycles. The van der Waals surface area contributed by atoms with Crippen LogP contribution in [0.2, 0.25) is 0 Å². The number of β-amino-alcohol motifs (C(OH)–C–C–N with tert-alkyl or cyclic N) is 1. The number of ether oxygens (including phenoxy) is 1. The highest BCUT2D eigenvalue weighted by Crippen LogP contribution is 2.26. The molecule has 2 rings (SSSR count). The van der Waals surface area contributed by atoms with Crippen LogP contribution < -0.4 is 5.73 Å².